The number of benzene rings is 2. The summed E-state index contributed by atoms with van der Waals surface area (Å²) in [6.45, 7) is 17.9. The minimum atomic E-state index is -1.03. The second-order valence-electron chi connectivity index (χ2n) is 15.0. The smallest absolute Gasteiger partial charge is 0.339 e. The maximum absolute atomic E-state index is 15.6. The normalized spacial score (nSPS) is 20.5. The molecule has 0 saturated carbocycles. The van der Waals surface area contributed by atoms with Crippen molar-refractivity contribution in [1.82, 2.24) is 9.38 Å². The Morgan fingerprint density at radius 2 is 1.86 bits per heavy atom. The predicted molar refractivity (Wildman–Crippen MR) is 196 cm³/mol. The number of esters is 1. The molecule has 51 heavy (non-hydrogen) atoms. The number of rotatable bonds is 4. The van der Waals surface area contributed by atoms with E-state index in [1.54, 1.807) is 24.3 Å². The van der Waals surface area contributed by atoms with Gasteiger partial charge < -0.3 is 23.8 Å². The van der Waals surface area contributed by atoms with Gasteiger partial charge in [-0.05, 0) is 103 Å². The van der Waals surface area contributed by atoms with Crippen LogP contribution >= 0.6 is 0 Å². The number of aromatic nitrogens is 2. The second kappa shape index (κ2) is 14.4. The highest BCUT2D eigenvalue weighted by Gasteiger charge is 2.38. The Morgan fingerprint density at radius 3 is 2.55 bits per heavy atom. The van der Waals surface area contributed by atoms with E-state index in [1.165, 1.54) is 13.2 Å². The van der Waals surface area contributed by atoms with Gasteiger partial charge >= 0.3 is 5.97 Å². The summed E-state index contributed by atoms with van der Waals surface area (Å²) in [4.78, 5) is 21.0. The number of fused-ring (bicyclic) bond motifs is 8. The SMILES string of the molecule is C=Cc1c(C)c([C@H](OC(C)(C)C)C(=O)OC)c2n3cc(nc13)-c1cccc(c1)-c1c(ccc(F)c1F)O[C@@H](C)CCCCOC1(C)CCN2CC1. The fourth-order valence-corrected chi connectivity index (χ4v) is 7.25. The van der Waals surface area contributed by atoms with Crippen LogP contribution in [0.5, 0.6) is 5.75 Å². The quantitative estimate of drug-likeness (QED) is 0.197. The molecule has 3 aliphatic heterocycles. The second-order valence-corrected chi connectivity index (χ2v) is 15.0. The van der Waals surface area contributed by atoms with E-state index >= 15 is 4.39 Å². The molecule has 0 radical (unpaired) electrons. The molecule has 7 rings (SSSR count). The van der Waals surface area contributed by atoms with Gasteiger partial charge in [0.05, 0.1) is 35.7 Å². The number of carbonyl (C=O) groups is 1. The van der Waals surface area contributed by atoms with Crippen LogP contribution in [0.15, 0.2) is 49.2 Å². The first kappa shape index (κ1) is 36.5. The summed E-state index contributed by atoms with van der Waals surface area (Å²) in [5.41, 5.74) is 3.72. The van der Waals surface area contributed by atoms with E-state index < -0.39 is 29.3 Å². The summed E-state index contributed by atoms with van der Waals surface area (Å²) in [6, 6.07) is 9.85. The van der Waals surface area contributed by atoms with Gasteiger partial charge in [-0.2, -0.15) is 0 Å². The van der Waals surface area contributed by atoms with Crippen molar-refractivity contribution >= 4 is 23.5 Å². The number of halogens is 2. The zero-order valence-electron chi connectivity index (χ0n) is 30.8. The molecule has 1 saturated heterocycles. The van der Waals surface area contributed by atoms with Crippen LogP contribution in [0.1, 0.15) is 89.5 Å². The highest BCUT2D eigenvalue weighted by atomic mass is 19.2. The van der Waals surface area contributed by atoms with Crippen molar-refractivity contribution in [2.75, 3.05) is 31.7 Å². The monoisotopic (exact) mass is 701 g/mol. The molecule has 1 fully saturated rings. The van der Waals surface area contributed by atoms with Crippen LogP contribution in [0.25, 0.3) is 34.1 Å². The molecule has 0 N–H and O–H groups in total. The number of anilines is 1. The predicted octanol–water partition coefficient (Wildman–Crippen LogP) is 9.25. The summed E-state index contributed by atoms with van der Waals surface area (Å²) in [7, 11) is 1.37. The largest absolute Gasteiger partial charge is 0.490 e. The van der Waals surface area contributed by atoms with Crippen LogP contribution in [0.2, 0.25) is 0 Å². The van der Waals surface area contributed by atoms with Crippen LogP contribution in [0.4, 0.5) is 14.6 Å². The topological polar surface area (TPSA) is 74.5 Å². The van der Waals surface area contributed by atoms with E-state index in [9.17, 15) is 9.18 Å². The lowest BCUT2D eigenvalue weighted by Gasteiger charge is -2.42. The molecule has 8 nitrogen and oxygen atoms in total. The molecule has 4 aromatic rings. The van der Waals surface area contributed by atoms with Crippen molar-refractivity contribution in [2.45, 2.75) is 97.1 Å². The van der Waals surface area contributed by atoms with Crippen molar-refractivity contribution in [1.29, 1.82) is 0 Å². The summed E-state index contributed by atoms with van der Waals surface area (Å²) in [5.74, 6) is -1.37. The highest BCUT2D eigenvalue weighted by molar-refractivity contribution is 5.85. The van der Waals surface area contributed by atoms with Crippen molar-refractivity contribution in [3.8, 4) is 28.1 Å². The van der Waals surface area contributed by atoms with Crippen molar-refractivity contribution < 1.29 is 32.5 Å². The third-order valence-corrected chi connectivity index (χ3v) is 9.98. The van der Waals surface area contributed by atoms with Gasteiger partial charge in [0.1, 0.15) is 17.2 Å². The van der Waals surface area contributed by atoms with Gasteiger partial charge in [-0.15, -0.1) is 0 Å². The zero-order chi connectivity index (χ0) is 36.7. The van der Waals surface area contributed by atoms with Gasteiger partial charge in [0.15, 0.2) is 17.7 Å². The molecule has 2 atom stereocenters. The fraction of sp³-hybridized carbons (Fsp3) is 0.463. The average Bonchev–Trinajstić information content (AvgIpc) is 3.53. The van der Waals surface area contributed by atoms with Crippen molar-refractivity contribution in [2.24, 2.45) is 0 Å². The van der Waals surface area contributed by atoms with E-state index in [0.717, 1.165) is 55.1 Å². The van der Waals surface area contributed by atoms with E-state index in [2.05, 4.69) is 18.4 Å². The Kier molecular flexibility index (Phi) is 10.3. The Labute approximate surface area is 299 Å². The number of piperidine rings is 1. The number of pyridine rings is 1. The van der Waals surface area contributed by atoms with Gasteiger partial charge in [-0.25, -0.2) is 18.6 Å². The highest BCUT2D eigenvalue weighted by Crippen LogP contribution is 2.43. The van der Waals surface area contributed by atoms with Crippen molar-refractivity contribution in [3.05, 3.63) is 77.5 Å². The molecular weight excluding hydrogens is 652 g/mol. The molecule has 0 amide bonds. The van der Waals surface area contributed by atoms with Gasteiger partial charge in [0.25, 0.3) is 0 Å². The number of methoxy groups -OCH3 is 1. The molecular formula is C41H49F2N3O5. The molecule has 5 heterocycles. The van der Waals surface area contributed by atoms with E-state index in [4.69, 9.17) is 23.9 Å². The Morgan fingerprint density at radius 1 is 1.14 bits per heavy atom. The van der Waals surface area contributed by atoms with Gasteiger partial charge in [-0.3, -0.25) is 4.40 Å². The molecule has 0 spiro atoms. The third-order valence-electron chi connectivity index (χ3n) is 9.98. The minimum Gasteiger partial charge on any atom is -0.490 e. The van der Waals surface area contributed by atoms with Gasteiger partial charge in [-0.1, -0.05) is 30.9 Å². The first-order chi connectivity index (χ1) is 24.2. The lowest BCUT2D eigenvalue weighted by Crippen LogP contribution is -2.45. The zero-order valence-corrected chi connectivity index (χ0v) is 30.8. The molecule has 2 aromatic heterocycles. The maximum atomic E-state index is 15.6. The number of hydrogen-bond donors (Lipinski definition) is 0. The Hall–Kier alpha value is -4.28. The lowest BCUT2D eigenvalue weighted by atomic mass is 9.91. The number of imidazole rings is 1. The lowest BCUT2D eigenvalue weighted by molar-refractivity contribution is -0.164. The fourth-order valence-electron chi connectivity index (χ4n) is 7.25. The number of hydrogen-bond acceptors (Lipinski definition) is 7. The average molecular weight is 702 g/mol. The molecule has 6 bridgehead atoms. The number of ether oxygens (including phenoxy) is 4. The number of nitrogens with zero attached hydrogens (tertiary/aromatic N) is 3. The van der Waals surface area contributed by atoms with E-state index in [1.807, 2.05) is 51.3 Å². The van der Waals surface area contributed by atoms with E-state index in [-0.39, 0.29) is 23.0 Å². The number of carbonyl (C=O) groups excluding carboxylic acids is 1. The van der Waals surface area contributed by atoms with Crippen LogP contribution in [-0.4, -0.2) is 59.5 Å². The molecule has 2 aromatic carbocycles. The summed E-state index contributed by atoms with van der Waals surface area (Å²) < 4.78 is 57.0. The van der Waals surface area contributed by atoms with Crippen LogP contribution in [-0.2, 0) is 19.0 Å². The van der Waals surface area contributed by atoms with Gasteiger partial charge in [0.2, 0.25) is 0 Å². The van der Waals surface area contributed by atoms with Crippen LogP contribution in [0.3, 0.4) is 0 Å². The Balaban J connectivity index is 1.61. The summed E-state index contributed by atoms with van der Waals surface area (Å²) in [5, 5.41) is 0. The van der Waals surface area contributed by atoms with Crippen molar-refractivity contribution in [3.63, 3.8) is 0 Å². The van der Waals surface area contributed by atoms with Crippen LogP contribution < -0.4 is 9.64 Å². The molecule has 0 unspecified atom stereocenters. The van der Waals surface area contributed by atoms with E-state index in [0.29, 0.717) is 47.7 Å². The van der Waals surface area contributed by atoms with Gasteiger partial charge in [0, 0.05) is 42.6 Å². The van der Waals surface area contributed by atoms with Crippen LogP contribution in [0, 0.1) is 18.6 Å². The molecule has 3 aliphatic rings. The Bertz CT molecular complexity index is 1940. The molecule has 10 heteroatoms. The molecule has 272 valence electrons. The summed E-state index contributed by atoms with van der Waals surface area (Å²) in [6.07, 6.45) is 6.41. The standard InChI is InChI=1S/C41H49F2N3O5/c1-9-29-26(3)33(36(39(47)48-8)51-40(4,5)6)38-45-20-18-41(7,19-21-45)49-22-11-10-13-25(2)50-32-17-16-30(42)35(43)34(32)28-15-12-14-27(23-28)31-24-46(38)37(29)44-31/h9,12,14-17,23-25,36H,1,10-11,13,18-22H2,2-8H3/t25-,36-/m0/s1. The maximum Gasteiger partial charge on any atom is 0.339 e. The first-order valence-electron chi connectivity index (χ1n) is 17.8. The minimum absolute atomic E-state index is 0.0624. The first-order valence-corrected chi connectivity index (χ1v) is 17.8. The summed E-state index contributed by atoms with van der Waals surface area (Å²) >= 11 is 0. The third kappa shape index (κ3) is 7.39. The molecule has 0 aliphatic carbocycles.